The van der Waals surface area contributed by atoms with Crippen LogP contribution in [0.1, 0.15) is 33.1 Å². The molecule has 0 saturated carbocycles. The molecule has 0 N–H and O–H groups in total. The van der Waals surface area contributed by atoms with Crippen LogP contribution in [0.4, 0.5) is 26.3 Å². The standard InChI is InChI=1S/C9H12F6/c1-3-5-9(14,15)7(11)6(10)8(12,13)4-2/h3-5H2,1-2H3/b7-6+. The van der Waals surface area contributed by atoms with Crippen LogP contribution in [-0.4, -0.2) is 11.8 Å². The average Bonchev–Trinajstić information content (AvgIpc) is 2.15. The number of allylic oxidation sites excluding steroid dienone is 2. The van der Waals surface area contributed by atoms with Crippen molar-refractivity contribution in [2.24, 2.45) is 0 Å². The molecule has 15 heavy (non-hydrogen) atoms. The van der Waals surface area contributed by atoms with Crippen LogP contribution in [0.3, 0.4) is 0 Å². The second-order valence-corrected chi connectivity index (χ2v) is 3.14. The molecule has 0 aromatic heterocycles. The van der Waals surface area contributed by atoms with E-state index < -0.39 is 36.3 Å². The second-order valence-electron chi connectivity index (χ2n) is 3.14. The van der Waals surface area contributed by atoms with Crippen LogP contribution < -0.4 is 0 Å². The molecule has 0 rings (SSSR count). The van der Waals surface area contributed by atoms with Crippen LogP contribution in [0.5, 0.6) is 0 Å². The first-order valence-electron chi connectivity index (χ1n) is 4.51. The fourth-order valence-electron chi connectivity index (χ4n) is 0.900. The van der Waals surface area contributed by atoms with E-state index in [1.54, 1.807) is 0 Å². The van der Waals surface area contributed by atoms with E-state index in [0.29, 0.717) is 0 Å². The van der Waals surface area contributed by atoms with Gasteiger partial charge in [-0.15, -0.1) is 0 Å². The smallest absolute Gasteiger partial charge is 0.202 e. The summed E-state index contributed by atoms with van der Waals surface area (Å²) in [4.78, 5) is 0. The molecule has 90 valence electrons. The monoisotopic (exact) mass is 234 g/mol. The van der Waals surface area contributed by atoms with E-state index in [0.717, 1.165) is 6.92 Å². The summed E-state index contributed by atoms with van der Waals surface area (Å²) in [5, 5.41) is 0. The van der Waals surface area contributed by atoms with Crippen molar-refractivity contribution < 1.29 is 26.3 Å². The SMILES string of the molecule is CCCC(F)(F)/C(F)=C(\F)C(F)(F)CC. The minimum absolute atomic E-state index is 0.134. The van der Waals surface area contributed by atoms with Gasteiger partial charge < -0.3 is 0 Å². The Morgan fingerprint density at radius 3 is 1.60 bits per heavy atom. The maximum absolute atomic E-state index is 12.7. The van der Waals surface area contributed by atoms with Crippen molar-refractivity contribution in [3.8, 4) is 0 Å². The van der Waals surface area contributed by atoms with Crippen LogP contribution in [0, 0.1) is 0 Å². The summed E-state index contributed by atoms with van der Waals surface area (Å²) in [7, 11) is 0. The molecular weight excluding hydrogens is 222 g/mol. The number of hydrogen-bond donors (Lipinski definition) is 0. The lowest BCUT2D eigenvalue weighted by Crippen LogP contribution is -2.24. The highest BCUT2D eigenvalue weighted by Gasteiger charge is 2.45. The minimum Gasteiger partial charge on any atom is -0.202 e. The Labute approximate surface area is 84.0 Å². The second kappa shape index (κ2) is 4.90. The van der Waals surface area contributed by atoms with Gasteiger partial charge in [-0.1, -0.05) is 13.8 Å². The van der Waals surface area contributed by atoms with E-state index in [1.807, 2.05) is 0 Å². The molecule has 0 nitrogen and oxygen atoms in total. The summed E-state index contributed by atoms with van der Waals surface area (Å²) in [6.07, 6.45) is -2.19. The Morgan fingerprint density at radius 2 is 1.27 bits per heavy atom. The summed E-state index contributed by atoms with van der Waals surface area (Å²) < 4.78 is 76.0. The van der Waals surface area contributed by atoms with Gasteiger partial charge >= 0.3 is 11.8 Å². The molecule has 0 unspecified atom stereocenters. The molecule has 0 aromatic carbocycles. The number of alkyl halides is 4. The first kappa shape index (κ1) is 14.3. The van der Waals surface area contributed by atoms with E-state index in [4.69, 9.17) is 0 Å². The Morgan fingerprint density at radius 1 is 0.867 bits per heavy atom. The van der Waals surface area contributed by atoms with Gasteiger partial charge in [-0.05, 0) is 6.42 Å². The number of halogens is 6. The van der Waals surface area contributed by atoms with Crippen LogP contribution in [0.15, 0.2) is 11.7 Å². The van der Waals surface area contributed by atoms with Crippen LogP contribution >= 0.6 is 0 Å². The quantitative estimate of drug-likeness (QED) is 0.609. The van der Waals surface area contributed by atoms with E-state index in [1.165, 1.54) is 6.92 Å². The number of hydrogen-bond acceptors (Lipinski definition) is 0. The lowest BCUT2D eigenvalue weighted by Gasteiger charge is -2.17. The first-order valence-corrected chi connectivity index (χ1v) is 4.51. The van der Waals surface area contributed by atoms with Crippen molar-refractivity contribution in [1.29, 1.82) is 0 Å². The molecule has 0 radical (unpaired) electrons. The van der Waals surface area contributed by atoms with Gasteiger partial charge in [-0.3, -0.25) is 0 Å². The predicted octanol–water partition coefficient (Wildman–Crippen LogP) is 4.62. The van der Waals surface area contributed by atoms with Crippen molar-refractivity contribution >= 4 is 0 Å². The molecule has 6 heteroatoms. The third-order valence-electron chi connectivity index (χ3n) is 1.84. The first-order chi connectivity index (χ1) is 6.69. The van der Waals surface area contributed by atoms with Gasteiger partial charge in [0.15, 0.2) is 0 Å². The van der Waals surface area contributed by atoms with Crippen molar-refractivity contribution in [3.05, 3.63) is 11.7 Å². The lowest BCUT2D eigenvalue weighted by molar-refractivity contribution is -0.0241. The highest BCUT2D eigenvalue weighted by Crippen LogP contribution is 2.39. The highest BCUT2D eigenvalue weighted by atomic mass is 19.3. The molecule has 0 atom stereocenters. The summed E-state index contributed by atoms with van der Waals surface area (Å²) >= 11 is 0. The summed E-state index contributed by atoms with van der Waals surface area (Å²) in [6, 6.07) is 0. The Hall–Kier alpha value is -0.680. The molecule has 0 bridgehead atoms. The molecule has 0 spiro atoms. The predicted molar refractivity (Wildman–Crippen MR) is 44.3 cm³/mol. The lowest BCUT2D eigenvalue weighted by atomic mass is 10.1. The summed E-state index contributed by atoms with van der Waals surface area (Å²) in [5.41, 5.74) is 0. The molecule has 0 amide bonds. The zero-order chi connectivity index (χ0) is 12.3. The number of rotatable bonds is 5. The maximum Gasteiger partial charge on any atom is 0.301 e. The van der Waals surface area contributed by atoms with Gasteiger partial charge in [0.25, 0.3) is 0 Å². The summed E-state index contributed by atoms with van der Waals surface area (Å²) in [6.45, 7) is 2.20. The van der Waals surface area contributed by atoms with E-state index in [2.05, 4.69) is 0 Å². The highest BCUT2D eigenvalue weighted by molar-refractivity contribution is 5.15. The molecule has 0 aliphatic rings. The molecule has 0 aromatic rings. The van der Waals surface area contributed by atoms with Crippen LogP contribution in [-0.2, 0) is 0 Å². The van der Waals surface area contributed by atoms with Crippen molar-refractivity contribution in [1.82, 2.24) is 0 Å². The van der Waals surface area contributed by atoms with Crippen molar-refractivity contribution in [2.45, 2.75) is 45.0 Å². The van der Waals surface area contributed by atoms with Crippen LogP contribution in [0.2, 0.25) is 0 Å². The van der Waals surface area contributed by atoms with Gasteiger partial charge in [0.2, 0.25) is 11.7 Å². The third kappa shape index (κ3) is 3.43. The zero-order valence-corrected chi connectivity index (χ0v) is 8.39. The Bertz CT molecular complexity index is 243. The van der Waals surface area contributed by atoms with Crippen molar-refractivity contribution in [2.75, 3.05) is 0 Å². The minimum atomic E-state index is -4.17. The Balaban J connectivity index is 5.09. The average molecular weight is 234 g/mol. The Kier molecular flexibility index (Phi) is 4.67. The molecular formula is C9H12F6. The molecule has 0 heterocycles. The maximum atomic E-state index is 12.7. The van der Waals surface area contributed by atoms with Crippen molar-refractivity contribution in [3.63, 3.8) is 0 Å². The van der Waals surface area contributed by atoms with Gasteiger partial charge in [0, 0.05) is 12.8 Å². The van der Waals surface area contributed by atoms with E-state index in [9.17, 15) is 26.3 Å². The fourth-order valence-corrected chi connectivity index (χ4v) is 0.900. The fraction of sp³-hybridized carbons (Fsp3) is 0.778. The largest absolute Gasteiger partial charge is 0.301 e. The molecule has 0 saturated heterocycles. The third-order valence-corrected chi connectivity index (χ3v) is 1.84. The van der Waals surface area contributed by atoms with Gasteiger partial charge in [0.05, 0.1) is 0 Å². The van der Waals surface area contributed by atoms with Crippen LogP contribution in [0.25, 0.3) is 0 Å². The van der Waals surface area contributed by atoms with E-state index in [-0.39, 0.29) is 6.42 Å². The van der Waals surface area contributed by atoms with Gasteiger partial charge in [-0.2, -0.15) is 17.6 Å². The molecule has 0 aliphatic heterocycles. The zero-order valence-electron chi connectivity index (χ0n) is 8.39. The molecule has 0 aliphatic carbocycles. The molecule has 0 fully saturated rings. The van der Waals surface area contributed by atoms with Gasteiger partial charge in [-0.25, -0.2) is 8.78 Å². The normalized spacial score (nSPS) is 15.2. The topological polar surface area (TPSA) is 0 Å². The summed E-state index contributed by atoms with van der Waals surface area (Å²) in [5.74, 6) is -13.6. The van der Waals surface area contributed by atoms with Gasteiger partial charge in [0.1, 0.15) is 0 Å². The van der Waals surface area contributed by atoms with E-state index >= 15 is 0 Å².